The van der Waals surface area contributed by atoms with Crippen molar-refractivity contribution in [3.63, 3.8) is 0 Å². The third kappa shape index (κ3) is 5.73. The monoisotopic (exact) mass is 611 g/mol. The average Bonchev–Trinajstić information content (AvgIpc) is 3.49. The van der Waals surface area contributed by atoms with Gasteiger partial charge in [0.2, 0.25) is 11.8 Å². The lowest BCUT2D eigenvalue weighted by molar-refractivity contribution is -0.123. The number of aliphatic hydroxyl groups is 1. The lowest BCUT2D eigenvalue weighted by Crippen LogP contribution is -2.49. The summed E-state index contributed by atoms with van der Waals surface area (Å²) in [6, 6.07) is 8.77. The summed E-state index contributed by atoms with van der Waals surface area (Å²) in [4.78, 5) is 28.0. The summed E-state index contributed by atoms with van der Waals surface area (Å²) < 4.78 is 15.0. The van der Waals surface area contributed by atoms with E-state index in [4.69, 9.17) is 23.2 Å². The van der Waals surface area contributed by atoms with Gasteiger partial charge in [-0.1, -0.05) is 56.1 Å². The van der Waals surface area contributed by atoms with Gasteiger partial charge in [-0.2, -0.15) is 0 Å². The molecule has 2 aromatic carbocycles. The second kappa shape index (κ2) is 11.8. The Kier molecular flexibility index (Phi) is 9.13. The molecular formula is C30H37Cl3FN3O3. The molecule has 4 N–H and O–H groups in total. The standard InChI is InChI=1S/C30H36Cl2FN3O3.ClH/c1-29(2,3)15-24-30(20-13-22(33)21(32)14-23(20)35-28(30)39)25(17-5-4-6-18(31)12-17)26(36-24)27(38)34-10-9-16-7-8-19(37)11-16;/h4-6,12-14,16,19,24-26,36-37H,7-11,15H2,1-3H3,(H,34,38)(H,35,39);1H/t16-,19-,24-,25+,26-,30+;/m1./s1. The van der Waals surface area contributed by atoms with Crippen molar-refractivity contribution in [1.82, 2.24) is 10.6 Å². The Labute approximate surface area is 251 Å². The molecule has 1 aliphatic carbocycles. The van der Waals surface area contributed by atoms with Crippen LogP contribution in [0.2, 0.25) is 10.0 Å². The Morgan fingerprint density at radius 3 is 2.60 bits per heavy atom. The number of halogens is 4. The van der Waals surface area contributed by atoms with E-state index in [-0.39, 0.29) is 40.8 Å². The normalized spacial score (nSPS) is 29.3. The number of aliphatic hydroxyl groups excluding tert-OH is 1. The molecule has 1 spiro atoms. The molecule has 1 saturated heterocycles. The summed E-state index contributed by atoms with van der Waals surface area (Å²) in [5, 5.41) is 19.8. The van der Waals surface area contributed by atoms with Gasteiger partial charge in [0.1, 0.15) is 11.2 Å². The van der Waals surface area contributed by atoms with Crippen LogP contribution in [0, 0.1) is 17.2 Å². The van der Waals surface area contributed by atoms with E-state index in [0.717, 1.165) is 31.2 Å². The number of hydrogen-bond acceptors (Lipinski definition) is 4. The van der Waals surface area contributed by atoms with Crippen molar-refractivity contribution >= 4 is 53.1 Å². The zero-order valence-electron chi connectivity index (χ0n) is 22.9. The summed E-state index contributed by atoms with van der Waals surface area (Å²) >= 11 is 12.5. The van der Waals surface area contributed by atoms with Gasteiger partial charge in [-0.3, -0.25) is 9.59 Å². The molecule has 5 rings (SSSR count). The maximum absolute atomic E-state index is 15.0. The molecule has 6 nitrogen and oxygen atoms in total. The van der Waals surface area contributed by atoms with Gasteiger partial charge in [0.25, 0.3) is 0 Å². The van der Waals surface area contributed by atoms with Crippen molar-refractivity contribution in [3.8, 4) is 0 Å². The van der Waals surface area contributed by atoms with Crippen molar-refractivity contribution in [3.05, 3.63) is 63.4 Å². The van der Waals surface area contributed by atoms with Gasteiger partial charge in [-0.25, -0.2) is 4.39 Å². The van der Waals surface area contributed by atoms with Crippen LogP contribution in [0.25, 0.3) is 0 Å². The van der Waals surface area contributed by atoms with Crippen LogP contribution >= 0.6 is 35.6 Å². The number of amides is 2. The summed E-state index contributed by atoms with van der Waals surface area (Å²) in [5.41, 5.74) is 0.211. The fourth-order valence-corrected chi connectivity index (χ4v) is 7.32. The van der Waals surface area contributed by atoms with Gasteiger partial charge in [0, 0.05) is 29.2 Å². The van der Waals surface area contributed by atoms with Gasteiger partial charge < -0.3 is 21.1 Å². The van der Waals surface area contributed by atoms with Crippen LogP contribution in [0.4, 0.5) is 10.1 Å². The first kappa shape index (κ1) is 31.0. The maximum Gasteiger partial charge on any atom is 0.237 e. The number of fused-ring (bicyclic) bond motifs is 2. The SMILES string of the molecule is CC(C)(C)C[C@H]1N[C@@H](C(=O)NCC[C@H]2CC[C@@H](O)C2)[C@H](c2cccc(Cl)c2)[C@@]12C(=O)Nc1cc(Cl)c(F)cc12.Cl. The van der Waals surface area contributed by atoms with Crippen LogP contribution in [0.15, 0.2) is 36.4 Å². The van der Waals surface area contributed by atoms with Crippen LogP contribution in [0.3, 0.4) is 0 Å². The van der Waals surface area contributed by atoms with Crippen LogP contribution in [0.5, 0.6) is 0 Å². The van der Waals surface area contributed by atoms with E-state index in [1.54, 1.807) is 18.2 Å². The van der Waals surface area contributed by atoms with Crippen molar-refractivity contribution in [2.75, 3.05) is 11.9 Å². The van der Waals surface area contributed by atoms with Gasteiger partial charge in [-0.05, 0) is 78.8 Å². The predicted octanol–water partition coefficient (Wildman–Crippen LogP) is 5.97. The highest BCUT2D eigenvalue weighted by atomic mass is 35.5. The lowest BCUT2D eigenvalue weighted by atomic mass is 9.62. The van der Waals surface area contributed by atoms with Crippen LogP contribution in [-0.4, -0.2) is 41.7 Å². The number of nitrogens with one attached hydrogen (secondary N) is 3. The van der Waals surface area contributed by atoms with Gasteiger partial charge in [0.05, 0.1) is 17.2 Å². The van der Waals surface area contributed by atoms with Crippen molar-refractivity contribution < 1.29 is 19.1 Å². The molecule has 218 valence electrons. The largest absolute Gasteiger partial charge is 0.393 e. The summed E-state index contributed by atoms with van der Waals surface area (Å²) in [5.74, 6) is -1.40. The number of carbonyl (C=O) groups excluding carboxylic acids is 2. The molecule has 6 atom stereocenters. The minimum Gasteiger partial charge on any atom is -0.393 e. The van der Waals surface area contributed by atoms with Gasteiger partial charge >= 0.3 is 0 Å². The highest BCUT2D eigenvalue weighted by Crippen LogP contribution is 2.57. The molecular weight excluding hydrogens is 576 g/mol. The zero-order chi connectivity index (χ0) is 28.1. The molecule has 40 heavy (non-hydrogen) atoms. The van der Waals surface area contributed by atoms with Crippen molar-refractivity contribution in [1.29, 1.82) is 0 Å². The Bertz CT molecular complexity index is 1290. The zero-order valence-corrected chi connectivity index (χ0v) is 25.2. The number of hydrogen-bond donors (Lipinski definition) is 4. The van der Waals surface area contributed by atoms with E-state index in [1.807, 2.05) is 6.07 Å². The highest BCUT2D eigenvalue weighted by molar-refractivity contribution is 6.31. The first-order chi connectivity index (χ1) is 18.4. The molecule has 2 heterocycles. The van der Waals surface area contributed by atoms with E-state index >= 15 is 0 Å². The highest BCUT2D eigenvalue weighted by Gasteiger charge is 2.65. The molecule has 10 heteroatoms. The third-order valence-corrected chi connectivity index (χ3v) is 9.08. The van der Waals surface area contributed by atoms with E-state index in [2.05, 4.69) is 36.7 Å². The Morgan fingerprint density at radius 1 is 1.20 bits per heavy atom. The summed E-state index contributed by atoms with van der Waals surface area (Å²) in [6.07, 6.45) is 3.58. The van der Waals surface area contributed by atoms with Crippen LogP contribution in [0.1, 0.15) is 69.9 Å². The molecule has 2 aromatic rings. The van der Waals surface area contributed by atoms with E-state index in [9.17, 15) is 19.1 Å². The number of anilines is 1. The first-order valence-electron chi connectivity index (χ1n) is 13.7. The topological polar surface area (TPSA) is 90.5 Å². The van der Waals surface area contributed by atoms with E-state index in [1.165, 1.54) is 12.1 Å². The molecule has 0 radical (unpaired) electrons. The minimum absolute atomic E-state index is 0. The average molecular weight is 613 g/mol. The molecule has 3 aliphatic rings. The van der Waals surface area contributed by atoms with Gasteiger partial charge in [-0.15, -0.1) is 12.4 Å². The quantitative estimate of drug-likeness (QED) is 0.324. The predicted molar refractivity (Wildman–Crippen MR) is 159 cm³/mol. The van der Waals surface area contributed by atoms with Gasteiger partial charge in [0.15, 0.2) is 0 Å². The molecule has 2 fully saturated rings. The molecule has 0 aromatic heterocycles. The van der Waals surface area contributed by atoms with Crippen LogP contribution in [-0.2, 0) is 15.0 Å². The maximum atomic E-state index is 15.0. The smallest absolute Gasteiger partial charge is 0.237 e. The minimum atomic E-state index is -1.27. The van der Waals surface area contributed by atoms with Crippen LogP contribution < -0.4 is 16.0 Å². The summed E-state index contributed by atoms with van der Waals surface area (Å²) in [7, 11) is 0. The first-order valence-corrected chi connectivity index (χ1v) is 14.4. The molecule has 2 amide bonds. The second-order valence-electron chi connectivity index (χ2n) is 12.5. The molecule has 1 saturated carbocycles. The molecule has 0 unspecified atom stereocenters. The summed E-state index contributed by atoms with van der Waals surface area (Å²) in [6.45, 7) is 6.71. The fourth-order valence-electron chi connectivity index (χ4n) is 6.95. The number of rotatable bonds is 6. The van der Waals surface area contributed by atoms with E-state index in [0.29, 0.717) is 35.2 Å². The Balaban J connectivity index is 0.00000370. The third-order valence-electron chi connectivity index (χ3n) is 8.56. The molecule has 0 bridgehead atoms. The number of carbonyl (C=O) groups is 2. The Morgan fingerprint density at radius 2 is 1.95 bits per heavy atom. The fraction of sp³-hybridized carbons (Fsp3) is 0.533. The van der Waals surface area contributed by atoms with E-state index < -0.39 is 29.2 Å². The van der Waals surface area contributed by atoms with Crippen molar-refractivity contribution in [2.24, 2.45) is 11.3 Å². The second-order valence-corrected chi connectivity index (χ2v) is 13.4. The number of benzene rings is 2. The molecule has 2 aliphatic heterocycles. The lowest BCUT2D eigenvalue weighted by Gasteiger charge is -2.37. The van der Waals surface area contributed by atoms with Crippen molar-refractivity contribution in [2.45, 2.75) is 82.4 Å². The Hall–Kier alpha value is -1.90.